The van der Waals surface area contributed by atoms with Crippen LogP contribution in [-0.2, 0) is 10.0 Å². The number of aromatic nitrogens is 1. The molecule has 0 atom stereocenters. The molecule has 0 saturated carbocycles. The van der Waals surface area contributed by atoms with E-state index in [0.29, 0.717) is 16.9 Å². The Balaban J connectivity index is 1.79. The summed E-state index contributed by atoms with van der Waals surface area (Å²) in [4.78, 5) is 16.9. The first-order chi connectivity index (χ1) is 13.2. The molecule has 0 saturated heterocycles. The number of hydrogen-bond donors (Lipinski definition) is 2. The number of nitrogens with zero attached hydrogens (tertiary/aromatic N) is 1. The predicted octanol–water partition coefficient (Wildman–Crippen LogP) is 4.26. The molecule has 1 aromatic heterocycles. The number of thiazole rings is 1. The van der Waals surface area contributed by atoms with Crippen LogP contribution in [0, 0.1) is 26.6 Å². The number of halogens is 1. The van der Waals surface area contributed by atoms with Crippen LogP contribution in [0.5, 0.6) is 0 Å². The van der Waals surface area contributed by atoms with Crippen LogP contribution in [0.2, 0.25) is 0 Å². The number of benzene rings is 2. The molecule has 0 spiro atoms. The Bertz CT molecular complexity index is 1140. The smallest absolute Gasteiger partial charge is 0.267 e. The van der Waals surface area contributed by atoms with E-state index in [9.17, 15) is 17.6 Å². The summed E-state index contributed by atoms with van der Waals surface area (Å²) < 4.78 is 41.0. The van der Waals surface area contributed by atoms with Crippen molar-refractivity contribution in [3.05, 3.63) is 70.0 Å². The molecule has 0 aliphatic rings. The van der Waals surface area contributed by atoms with Crippen molar-refractivity contribution in [1.82, 2.24) is 4.98 Å². The molecular weight excluding hydrogens is 401 g/mol. The van der Waals surface area contributed by atoms with Crippen LogP contribution in [0.1, 0.15) is 26.5 Å². The third kappa shape index (κ3) is 4.37. The molecule has 3 rings (SSSR count). The Kier molecular flexibility index (Phi) is 5.48. The van der Waals surface area contributed by atoms with Gasteiger partial charge in [0.15, 0.2) is 5.13 Å². The number of carbonyl (C=O) groups is 1. The van der Waals surface area contributed by atoms with Crippen molar-refractivity contribution >= 4 is 38.1 Å². The number of rotatable bonds is 5. The van der Waals surface area contributed by atoms with E-state index in [1.165, 1.54) is 18.2 Å². The van der Waals surface area contributed by atoms with Crippen LogP contribution in [-0.4, -0.2) is 19.3 Å². The molecule has 0 aliphatic heterocycles. The van der Waals surface area contributed by atoms with Gasteiger partial charge < -0.3 is 5.32 Å². The highest BCUT2D eigenvalue weighted by atomic mass is 32.2. The summed E-state index contributed by atoms with van der Waals surface area (Å²) in [7, 11) is -3.81. The van der Waals surface area contributed by atoms with E-state index in [-0.39, 0.29) is 14.9 Å². The van der Waals surface area contributed by atoms with Crippen LogP contribution in [0.4, 0.5) is 15.2 Å². The van der Waals surface area contributed by atoms with Crippen molar-refractivity contribution in [3.63, 3.8) is 0 Å². The summed E-state index contributed by atoms with van der Waals surface area (Å²) in [6.45, 7) is 5.09. The molecule has 0 unspecified atom stereocenters. The van der Waals surface area contributed by atoms with Crippen LogP contribution < -0.4 is 10.0 Å². The van der Waals surface area contributed by atoms with Crippen molar-refractivity contribution < 1.29 is 17.6 Å². The Hall–Kier alpha value is -2.78. The summed E-state index contributed by atoms with van der Waals surface area (Å²) >= 11 is 0.912. The zero-order valence-corrected chi connectivity index (χ0v) is 17.0. The molecular formula is C19H18FN3O3S2. The fourth-order valence-corrected chi connectivity index (χ4v) is 4.50. The van der Waals surface area contributed by atoms with Gasteiger partial charge in [0.05, 0.1) is 10.6 Å². The summed E-state index contributed by atoms with van der Waals surface area (Å²) in [5.41, 5.74) is 2.09. The van der Waals surface area contributed by atoms with E-state index in [1.54, 1.807) is 38.1 Å². The molecule has 1 heterocycles. The zero-order valence-electron chi connectivity index (χ0n) is 15.4. The number of nitrogens with one attached hydrogen (secondary N) is 2. The summed E-state index contributed by atoms with van der Waals surface area (Å²) in [6.07, 6.45) is 0. The van der Waals surface area contributed by atoms with Gasteiger partial charge in [-0.15, -0.1) is 0 Å². The third-order valence-electron chi connectivity index (χ3n) is 3.99. The minimum atomic E-state index is -3.81. The Morgan fingerprint density at radius 1 is 1.07 bits per heavy atom. The molecule has 6 nitrogen and oxygen atoms in total. The Morgan fingerprint density at radius 3 is 2.39 bits per heavy atom. The van der Waals surface area contributed by atoms with Gasteiger partial charge in [-0.1, -0.05) is 35.1 Å². The minimum absolute atomic E-state index is 0.0818. The number of anilines is 2. The fraction of sp³-hybridized carbons (Fsp3) is 0.158. The number of aryl methyl sites for hydroxylation is 3. The monoisotopic (exact) mass is 419 g/mol. The molecule has 2 N–H and O–H groups in total. The second kappa shape index (κ2) is 7.69. The first-order valence-electron chi connectivity index (χ1n) is 8.30. The van der Waals surface area contributed by atoms with Gasteiger partial charge in [-0.2, -0.15) is 0 Å². The maximum Gasteiger partial charge on any atom is 0.267 e. The van der Waals surface area contributed by atoms with Crippen molar-refractivity contribution in [2.45, 2.75) is 25.7 Å². The van der Waals surface area contributed by atoms with Gasteiger partial charge in [-0.25, -0.2) is 17.8 Å². The highest BCUT2D eigenvalue weighted by Gasteiger charge is 2.20. The molecule has 146 valence electrons. The molecule has 0 aliphatic carbocycles. The van der Waals surface area contributed by atoms with Gasteiger partial charge in [0.25, 0.3) is 15.9 Å². The SMILES string of the molecule is Cc1ccc(S(=O)(=O)Nc2nc(C)c(C(=O)Nc3ccc(C)c(F)c3)s2)cc1. The van der Waals surface area contributed by atoms with E-state index in [1.807, 2.05) is 6.92 Å². The van der Waals surface area contributed by atoms with Crippen molar-refractivity contribution in [2.75, 3.05) is 10.0 Å². The molecule has 0 fully saturated rings. The van der Waals surface area contributed by atoms with Crippen molar-refractivity contribution in [1.29, 1.82) is 0 Å². The first-order valence-corrected chi connectivity index (χ1v) is 10.6. The van der Waals surface area contributed by atoms with E-state index in [2.05, 4.69) is 15.0 Å². The average molecular weight is 420 g/mol. The summed E-state index contributed by atoms with van der Waals surface area (Å²) in [5.74, 6) is -0.913. The largest absolute Gasteiger partial charge is 0.321 e. The molecule has 1 amide bonds. The quantitative estimate of drug-likeness (QED) is 0.647. The van der Waals surface area contributed by atoms with Crippen LogP contribution in [0.25, 0.3) is 0 Å². The molecule has 3 aromatic rings. The van der Waals surface area contributed by atoms with Gasteiger partial charge >= 0.3 is 0 Å². The van der Waals surface area contributed by atoms with E-state index in [4.69, 9.17) is 0 Å². The van der Waals surface area contributed by atoms with Crippen LogP contribution in [0.3, 0.4) is 0 Å². The van der Waals surface area contributed by atoms with Crippen LogP contribution in [0.15, 0.2) is 47.4 Å². The van der Waals surface area contributed by atoms with Crippen molar-refractivity contribution in [2.24, 2.45) is 0 Å². The van der Waals surface area contributed by atoms with Gasteiger partial charge in [0.2, 0.25) is 0 Å². The molecule has 2 aromatic carbocycles. The number of amides is 1. The summed E-state index contributed by atoms with van der Waals surface area (Å²) in [6, 6.07) is 10.8. The number of hydrogen-bond acceptors (Lipinski definition) is 5. The number of carbonyl (C=O) groups excluding carboxylic acids is 1. The molecule has 0 radical (unpaired) electrons. The normalized spacial score (nSPS) is 11.3. The lowest BCUT2D eigenvalue weighted by molar-refractivity contribution is 0.103. The minimum Gasteiger partial charge on any atom is -0.321 e. The molecule has 28 heavy (non-hydrogen) atoms. The Labute approximate surface area is 166 Å². The second-order valence-corrected chi connectivity index (χ2v) is 8.95. The lowest BCUT2D eigenvalue weighted by Crippen LogP contribution is -2.12. The maximum absolute atomic E-state index is 13.6. The van der Waals surface area contributed by atoms with Crippen LogP contribution >= 0.6 is 11.3 Å². The van der Waals surface area contributed by atoms with E-state index < -0.39 is 21.7 Å². The van der Waals surface area contributed by atoms with Gasteiger partial charge in [-0.05, 0) is 50.6 Å². The topological polar surface area (TPSA) is 88.2 Å². The Morgan fingerprint density at radius 2 is 1.75 bits per heavy atom. The molecule has 0 bridgehead atoms. The molecule has 9 heteroatoms. The highest BCUT2D eigenvalue weighted by molar-refractivity contribution is 7.93. The predicted molar refractivity (Wildman–Crippen MR) is 108 cm³/mol. The van der Waals surface area contributed by atoms with E-state index in [0.717, 1.165) is 16.9 Å². The first kappa shape index (κ1) is 20.0. The highest BCUT2D eigenvalue weighted by Crippen LogP contribution is 2.26. The lowest BCUT2D eigenvalue weighted by atomic mass is 10.2. The van der Waals surface area contributed by atoms with Crippen molar-refractivity contribution in [3.8, 4) is 0 Å². The maximum atomic E-state index is 13.6. The average Bonchev–Trinajstić information content (AvgIpc) is 2.98. The third-order valence-corrected chi connectivity index (χ3v) is 6.54. The zero-order chi connectivity index (χ0) is 20.5. The summed E-state index contributed by atoms with van der Waals surface area (Å²) in [5, 5.41) is 2.68. The fourth-order valence-electron chi connectivity index (χ4n) is 2.40. The van der Waals surface area contributed by atoms with Gasteiger partial charge in [-0.3, -0.25) is 9.52 Å². The standard InChI is InChI=1S/C19H18FN3O3S2/c1-11-4-8-15(9-5-11)28(25,26)23-19-21-13(3)17(27-19)18(24)22-14-7-6-12(2)16(20)10-14/h4-10H,1-3H3,(H,21,23)(H,22,24). The second-order valence-electron chi connectivity index (χ2n) is 6.27. The lowest BCUT2D eigenvalue weighted by Gasteiger charge is -2.06. The number of sulfonamides is 1. The van der Waals surface area contributed by atoms with Gasteiger partial charge in [0.1, 0.15) is 10.7 Å². The van der Waals surface area contributed by atoms with E-state index >= 15 is 0 Å². The van der Waals surface area contributed by atoms with Gasteiger partial charge in [0, 0.05) is 5.69 Å².